The second kappa shape index (κ2) is 6.34. The fourth-order valence-electron chi connectivity index (χ4n) is 2.19. The van der Waals surface area contributed by atoms with Crippen LogP contribution in [0.25, 0.3) is 0 Å². The predicted molar refractivity (Wildman–Crippen MR) is 78.9 cm³/mol. The van der Waals surface area contributed by atoms with Gasteiger partial charge >= 0.3 is 5.97 Å². The molecule has 1 atom stereocenters. The summed E-state index contributed by atoms with van der Waals surface area (Å²) in [5, 5.41) is 0. The molecule has 1 heterocycles. The fourth-order valence-corrected chi connectivity index (χ4v) is 3.35. The van der Waals surface area contributed by atoms with E-state index in [1.165, 1.54) is 4.31 Å². The molecular formula is C14H19NO5S. The van der Waals surface area contributed by atoms with Gasteiger partial charge in [0.05, 0.1) is 31.0 Å². The van der Waals surface area contributed by atoms with Crippen LogP contribution in [0.3, 0.4) is 0 Å². The number of benzene rings is 1. The minimum absolute atomic E-state index is 0.00649. The van der Waals surface area contributed by atoms with Gasteiger partial charge in [0, 0.05) is 0 Å². The number of nitrogens with zero attached hydrogens (tertiary/aromatic N) is 1. The van der Waals surface area contributed by atoms with Crippen LogP contribution in [0, 0.1) is 0 Å². The number of carbonyl (C=O) groups is 1. The highest BCUT2D eigenvalue weighted by molar-refractivity contribution is 7.92. The Morgan fingerprint density at radius 3 is 2.76 bits per heavy atom. The van der Waals surface area contributed by atoms with E-state index in [4.69, 9.17) is 9.47 Å². The topological polar surface area (TPSA) is 72.9 Å². The number of anilines is 1. The summed E-state index contributed by atoms with van der Waals surface area (Å²) in [6, 6.07) is 6.92. The number of fused-ring (bicyclic) bond motifs is 1. The number of esters is 1. The minimum atomic E-state index is -3.41. The SMILES string of the molecule is CCOC(=O)CC1CN(S(=O)(=O)CC)c2ccccc2O1. The normalized spacial score (nSPS) is 17.8. The van der Waals surface area contributed by atoms with Crippen molar-refractivity contribution in [3.63, 3.8) is 0 Å². The summed E-state index contributed by atoms with van der Waals surface area (Å²) < 4.78 is 36.4. The Morgan fingerprint density at radius 1 is 1.38 bits per heavy atom. The van der Waals surface area contributed by atoms with Gasteiger partial charge in [0.25, 0.3) is 0 Å². The Morgan fingerprint density at radius 2 is 2.10 bits per heavy atom. The third kappa shape index (κ3) is 3.47. The van der Waals surface area contributed by atoms with Gasteiger partial charge in [0.2, 0.25) is 10.0 Å². The van der Waals surface area contributed by atoms with Gasteiger partial charge in [0.1, 0.15) is 11.9 Å². The second-order valence-electron chi connectivity index (χ2n) is 4.65. The van der Waals surface area contributed by atoms with E-state index in [0.717, 1.165) is 0 Å². The van der Waals surface area contributed by atoms with Crippen molar-refractivity contribution in [2.45, 2.75) is 26.4 Å². The standard InChI is InChI=1S/C14H19NO5S/c1-3-19-14(16)9-11-10-15(21(17,18)4-2)12-7-5-6-8-13(12)20-11/h5-8,11H,3-4,9-10H2,1-2H3. The lowest BCUT2D eigenvalue weighted by atomic mass is 10.2. The quantitative estimate of drug-likeness (QED) is 0.771. The number of hydrogen-bond acceptors (Lipinski definition) is 5. The maximum absolute atomic E-state index is 12.2. The van der Waals surface area contributed by atoms with Crippen molar-refractivity contribution in [3.05, 3.63) is 24.3 Å². The third-order valence-corrected chi connectivity index (χ3v) is 4.94. The number of ether oxygens (including phenoxy) is 2. The maximum Gasteiger partial charge on any atom is 0.309 e. The summed E-state index contributed by atoms with van der Waals surface area (Å²) in [4.78, 5) is 11.6. The molecular weight excluding hydrogens is 294 g/mol. The molecule has 1 aliphatic rings. The first-order valence-corrected chi connectivity index (χ1v) is 8.50. The molecule has 7 heteroatoms. The first kappa shape index (κ1) is 15.6. The monoisotopic (exact) mass is 313 g/mol. The molecule has 0 spiro atoms. The van der Waals surface area contributed by atoms with Gasteiger partial charge < -0.3 is 9.47 Å². The molecule has 0 radical (unpaired) electrons. The lowest BCUT2D eigenvalue weighted by Gasteiger charge is -2.34. The van der Waals surface area contributed by atoms with Gasteiger partial charge in [-0.15, -0.1) is 0 Å². The predicted octanol–water partition coefficient (Wildman–Crippen LogP) is 1.56. The van der Waals surface area contributed by atoms with Crippen LogP contribution < -0.4 is 9.04 Å². The van der Waals surface area contributed by atoms with Crippen LogP contribution in [0.2, 0.25) is 0 Å². The summed E-state index contributed by atoms with van der Waals surface area (Å²) >= 11 is 0. The zero-order chi connectivity index (χ0) is 15.5. The molecule has 0 fully saturated rings. The van der Waals surface area contributed by atoms with Crippen molar-refractivity contribution in [1.29, 1.82) is 0 Å². The molecule has 1 aliphatic heterocycles. The summed E-state index contributed by atoms with van der Waals surface area (Å²) in [6.45, 7) is 3.72. The highest BCUT2D eigenvalue weighted by Crippen LogP contribution is 2.35. The third-order valence-electron chi connectivity index (χ3n) is 3.20. The van der Waals surface area contributed by atoms with Crippen LogP contribution in [0.1, 0.15) is 20.3 Å². The molecule has 21 heavy (non-hydrogen) atoms. The fraction of sp³-hybridized carbons (Fsp3) is 0.500. The van der Waals surface area contributed by atoms with Gasteiger partial charge in [-0.05, 0) is 26.0 Å². The van der Waals surface area contributed by atoms with Crippen LogP contribution >= 0.6 is 0 Å². The molecule has 0 saturated carbocycles. The van der Waals surface area contributed by atoms with Gasteiger partial charge in [-0.25, -0.2) is 8.42 Å². The lowest BCUT2D eigenvalue weighted by Crippen LogP contribution is -2.45. The Bertz CT molecular complexity index is 614. The highest BCUT2D eigenvalue weighted by atomic mass is 32.2. The largest absolute Gasteiger partial charge is 0.486 e. The average Bonchev–Trinajstić information content (AvgIpc) is 2.46. The molecule has 1 aromatic rings. The number of sulfonamides is 1. The zero-order valence-corrected chi connectivity index (χ0v) is 12.9. The molecule has 0 aromatic heterocycles. The smallest absolute Gasteiger partial charge is 0.309 e. The Hall–Kier alpha value is -1.76. The maximum atomic E-state index is 12.2. The van der Waals surface area contributed by atoms with Crippen molar-refractivity contribution >= 4 is 21.7 Å². The highest BCUT2D eigenvalue weighted by Gasteiger charge is 2.33. The van der Waals surface area contributed by atoms with Crippen molar-refractivity contribution < 1.29 is 22.7 Å². The molecule has 1 aromatic carbocycles. The van der Waals surface area contributed by atoms with Crippen LogP contribution in [0.4, 0.5) is 5.69 Å². The van der Waals surface area contributed by atoms with E-state index in [9.17, 15) is 13.2 Å². The first-order chi connectivity index (χ1) is 9.97. The molecule has 0 amide bonds. The number of hydrogen-bond donors (Lipinski definition) is 0. The van der Waals surface area contributed by atoms with Crippen LogP contribution in [-0.4, -0.2) is 39.4 Å². The van der Waals surface area contributed by atoms with Crippen molar-refractivity contribution in [3.8, 4) is 5.75 Å². The molecule has 6 nitrogen and oxygen atoms in total. The summed E-state index contributed by atoms with van der Waals surface area (Å²) in [7, 11) is -3.41. The van der Waals surface area contributed by atoms with Gasteiger partial charge in [0.15, 0.2) is 0 Å². The Balaban J connectivity index is 2.27. The molecule has 116 valence electrons. The molecule has 0 saturated heterocycles. The summed E-state index contributed by atoms with van der Waals surface area (Å²) in [5.74, 6) is 0.0683. The average molecular weight is 313 g/mol. The number of carbonyl (C=O) groups excluding carboxylic acids is 1. The van der Waals surface area contributed by atoms with Crippen molar-refractivity contribution in [1.82, 2.24) is 0 Å². The number of para-hydroxylation sites is 2. The first-order valence-electron chi connectivity index (χ1n) is 6.89. The van der Waals surface area contributed by atoms with Crippen LogP contribution in [0.15, 0.2) is 24.3 Å². The summed E-state index contributed by atoms with van der Waals surface area (Å²) in [5.41, 5.74) is 0.513. The molecule has 0 N–H and O–H groups in total. The molecule has 0 aliphatic carbocycles. The van der Waals surface area contributed by atoms with E-state index in [2.05, 4.69) is 0 Å². The minimum Gasteiger partial charge on any atom is -0.486 e. The summed E-state index contributed by atoms with van der Waals surface area (Å²) in [6.07, 6.45) is -0.516. The Kier molecular flexibility index (Phi) is 4.72. The van der Waals surface area contributed by atoms with E-state index in [1.807, 2.05) is 0 Å². The van der Waals surface area contributed by atoms with E-state index in [1.54, 1.807) is 38.1 Å². The lowest BCUT2D eigenvalue weighted by molar-refractivity contribution is -0.144. The van der Waals surface area contributed by atoms with Crippen LogP contribution in [-0.2, 0) is 19.6 Å². The van der Waals surface area contributed by atoms with Gasteiger partial charge in [-0.3, -0.25) is 9.10 Å². The Labute approximate surface area is 124 Å². The van der Waals surface area contributed by atoms with E-state index in [0.29, 0.717) is 18.0 Å². The van der Waals surface area contributed by atoms with Gasteiger partial charge in [-0.2, -0.15) is 0 Å². The van der Waals surface area contributed by atoms with E-state index < -0.39 is 22.1 Å². The van der Waals surface area contributed by atoms with E-state index >= 15 is 0 Å². The molecule has 1 unspecified atom stereocenters. The molecule has 0 bridgehead atoms. The van der Waals surface area contributed by atoms with Gasteiger partial charge in [-0.1, -0.05) is 12.1 Å². The van der Waals surface area contributed by atoms with Crippen molar-refractivity contribution in [2.24, 2.45) is 0 Å². The number of rotatable bonds is 5. The van der Waals surface area contributed by atoms with Crippen LogP contribution in [0.5, 0.6) is 5.75 Å². The van der Waals surface area contributed by atoms with E-state index in [-0.39, 0.29) is 18.7 Å². The zero-order valence-electron chi connectivity index (χ0n) is 12.1. The second-order valence-corrected chi connectivity index (χ2v) is 6.83. The molecule has 2 rings (SSSR count). The van der Waals surface area contributed by atoms with Crippen molar-refractivity contribution in [2.75, 3.05) is 23.2 Å².